The summed E-state index contributed by atoms with van der Waals surface area (Å²) in [4.78, 5) is 11.2. The Balaban J connectivity index is 1.75. The lowest BCUT2D eigenvalue weighted by Crippen LogP contribution is -2.25. The van der Waals surface area contributed by atoms with Crippen LogP contribution >= 0.6 is 11.6 Å². The number of halogens is 1. The molecule has 7 heteroatoms. The fraction of sp³-hybridized carbons (Fsp3) is 0.214. The van der Waals surface area contributed by atoms with Gasteiger partial charge in [-0.1, -0.05) is 11.6 Å². The van der Waals surface area contributed by atoms with E-state index in [1.165, 1.54) is 0 Å². The van der Waals surface area contributed by atoms with Crippen LogP contribution in [0.25, 0.3) is 0 Å². The van der Waals surface area contributed by atoms with E-state index in [9.17, 15) is 4.79 Å². The lowest BCUT2D eigenvalue weighted by Gasteiger charge is -2.19. The molecule has 3 rings (SSSR count). The molecule has 1 amide bonds. The van der Waals surface area contributed by atoms with E-state index in [1.807, 2.05) is 0 Å². The number of ether oxygens (including phenoxy) is 1. The molecule has 0 saturated carbocycles. The summed E-state index contributed by atoms with van der Waals surface area (Å²) in [6, 6.07) is 6.86. The van der Waals surface area contributed by atoms with Gasteiger partial charge in [0.1, 0.15) is 23.9 Å². The quantitative estimate of drug-likeness (QED) is 0.807. The highest BCUT2D eigenvalue weighted by Crippen LogP contribution is 2.36. The van der Waals surface area contributed by atoms with Crippen LogP contribution in [0.1, 0.15) is 11.5 Å². The largest absolute Gasteiger partial charge is 0.482 e. The maximum atomic E-state index is 11.2. The zero-order valence-electron chi connectivity index (χ0n) is 11.0. The van der Waals surface area contributed by atoms with E-state index < -0.39 is 0 Å². The highest BCUT2D eigenvalue weighted by atomic mass is 35.5. The standard InChI is InChI=1S/C14H13ClN2O4/c15-10-3-12-13(20-7-14(19)17-12)4-11(10)16-5-8-1-2-9(6-18)21-8/h1-4,16,18H,5-7H2,(H,17,19). The molecule has 6 nitrogen and oxygen atoms in total. The molecule has 1 aromatic heterocycles. The molecule has 0 unspecified atom stereocenters. The van der Waals surface area contributed by atoms with Crippen LogP contribution in [-0.2, 0) is 17.9 Å². The van der Waals surface area contributed by atoms with E-state index in [2.05, 4.69) is 10.6 Å². The maximum Gasteiger partial charge on any atom is 0.262 e. The summed E-state index contributed by atoms with van der Waals surface area (Å²) < 4.78 is 10.7. The Kier molecular flexibility index (Phi) is 3.72. The molecule has 2 heterocycles. The van der Waals surface area contributed by atoms with Crippen LogP contribution in [0.15, 0.2) is 28.7 Å². The molecular formula is C14H13ClN2O4. The van der Waals surface area contributed by atoms with Crippen LogP contribution in [0.3, 0.4) is 0 Å². The highest BCUT2D eigenvalue weighted by Gasteiger charge is 2.18. The molecule has 0 fully saturated rings. The van der Waals surface area contributed by atoms with Gasteiger partial charge >= 0.3 is 0 Å². The third-order valence-corrected chi connectivity index (χ3v) is 3.34. The second kappa shape index (κ2) is 5.67. The summed E-state index contributed by atoms with van der Waals surface area (Å²) in [6.45, 7) is 0.282. The fourth-order valence-corrected chi connectivity index (χ4v) is 2.25. The smallest absolute Gasteiger partial charge is 0.262 e. The Morgan fingerprint density at radius 2 is 2.14 bits per heavy atom. The molecule has 0 spiro atoms. The van der Waals surface area contributed by atoms with Gasteiger partial charge in [0.05, 0.1) is 22.9 Å². The van der Waals surface area contributed by atoms with E-state index in [0.717, 1.165) is 0 Å². The van der Waals surface area contributed by atoms with Crippen molar-refractivity contribution in [1.29, 1.82) is 0 Å². The Labute approximate surface area is 125 Å². The Hall–Kier alpha value is -2.18. The molecular weight excluding hydrogens is 296 g/mol. The van der Waals surface area contributed by atoms with Crippen LogP contribution in [0, 0.1) is 0 Å². The number of carbonyl (C=O) groups is 1. The van der Waals surface area contributed by atoms with Crippen LogP contribution in [0.2, 0.25) is 5.02 Å². The number of fused-ring (bicyclic) bond motifs is 1. The van der Waals surface area contributed by atoms with Crippen LogP contribution in [0.5, 0.6) is 5.75 Å². The molecule has 0 radical (unpaired) electrons. The van der Waals surface area contributed by atoms with Crippen molar-refractivity contribution in [2.45, 2.75) is 13.2 Å². The van der Waals surface area contributed by atoms with Crippen molar-refractivity contribution in [1.82, 2.24) is 0 Å². The van der Waals surface area contributed by atoms with E-state index in [-0.39, 0.29) is 19.1 Å². The first-order valence-electron chi connectivity index (χ1n) is 6.34. The Morgan fingerprint density at radius 3 is 2.90 bits per heavy atom. The van der Waals surface area contributed by atoms with Crippen molar-refractivity contribution in [3.05, 3.63) is 40.8 Å². The van der Waals surface area contributed by atoms with Gasteiger partial charge in [-0.2, -0.15) is 0 Å². The highest BCUT2D eigenvalue weighted by molar-refractivity contribution is 6.33. The first kappa shape index (κ1) is 13.8. The molecule has 0 atom stereocenters. The number of benzene rings is 1. The lowest BCUT2D eigenvalue weighted by atomic mass is 10.2. The van der Waals surface area contributed by atoms with Crippen molar-refractivity contribution >= 4 is 28.9 Å². The minimum atomic E-state index is -0.202. The third-order valence-electron chi connectivity index (χ3n) is 3.03. The van der Waals surface area contributed by atoms with Gasteiger partial charge in [0, 0.05) is 6.07 Å². The van der Waals surface area contributed by atoms with Gasteiger partial charge in [0.25, 0.3) is 5.91 Å². The number of aliphatic hydroxyl groups excluding tert-OH is 1. The number of hydrogen-bond donors (Lipinski definition) is 3. The summed E-state index contributed by atoms with van der Waals surface area (Å²) in [5.41, 5.74) is 1.23. The number of amides is 1. The molecule has 1 aliphatic heterocycles. The van der Waals surface area contributed by atoms with E-state index in [0.29, 0.717) is 40.2 Å². The maximum absolute atomic E-state index is 11.2. The van der Waals surface area contributed by atoms with E-state index >= 15 is 0 Å². The summed E-state index contributed by atoms with van der Waals surface area (Å²) >= 11 is 6.17. The first-order valence-corrected chi connectivity index (χ1v) is 6.72. The van der Waals surface area contributed by atoms with Crippen molar-refractivity contribution in [3.63, 3.8) is 0 Å². The first-order chi connectivity index (χ1) is 10.2. The zero-order chi connectivity index (χ0) is 14.8. The topological polar surface area (TPSA) is 83.7 Å². The molecule has 110 valence electrons. The van der Waals surface area contributed by atoms with Gasteiger partial charge < -0.3 is 24.9 Å². The molecule has 2 aromatic rings. The molecule has 3 N–H and O–H groups in total. The monoisotopic (exact) mass is 308 g/mol. The van der Waals surface area contributed by atoms with Crippen LogP contribution in [0.4, 0.5) is 11.4 Å². The lowest BCUT2D eigenvalue weighted by molar-refractivity contribution is -0.118. The average molecular weight is 309 g/mol. The van der Waals surface area contributed by atoms with Crippen molar-refractivity contribution < 1.29 is 19.1 Å². The average Bonchev–Trinajstić information content (AvgIpc) is 2.93. The number of furan rings is 1. The minimum absolute atomic E-state index is 0.00782. The van der Waals surface area contributed by atoms with Gasteiger partial charge in [0.2, 0.25) is 0 Å². The van der Waals surface area contributed by atoms with E-state index in [4.69, 9.17) is 25.9 Å². The molecule has 0 saturated heterocycles. The third kappa shape index (κ3) is 2.96. The number of anilines is 2. The zero-order valence-corrected chi connectivity index (χ0v) is 11.7. The van der Waals surface area contributed by atoms with Gasteiger partial charge in [-0.15, -0.1) is 0 Å². The molecule has 1 aromatic carbocycles. The van der Waals surface area contributed by atoms with Gasteiger partial charge in [-0.25, -0.2) is 0 Å². The second-order valence-corrected chi connectivity index (χ2v) is 4.95. The Morgan fingerprint density at radius 1 is 1.33 bits per heavy atom. The predicted molar refractivity (Wildman–Crippen MR) is 77.5 cm³/mol. The SMILES string of the molecule is O=C1COc2cc(NCc3ccc(CO)o3)c(Cl)cc2N1. The predicted octanol–water partition coefficient (Wildman–Crippen LogP) is 2.37. The summed E-state index contributed by atoms with van der Waals surface area (Å²) in [6.07, 6.45) is 0. The van der Waals surface area contributed by atoms with Crippen molar-refractivity contribution in [2.75, 3.05) is 17.2 Å². The number of nitrogens with one attached hydrogen (secondary N) is 2. The molecule has 1 aliphatic rings. The summed E-state index contributed by atoms with van der Waals surface area (Å²) in [5, 5.41) is 15.2. The van der Waals surface area contributed by atoms with E-state index in [1.54, 1.807) is 24.3 Å². The van der Waals surface area contributed by atoms with Crippen LogP contribution in [-0.4, -0.2) is 17.6 Å². The molecule has 0 aliphatic carbocycles. The molecule has 0 bridgehead atoms. The molecule has 21 heavy (non-hydrogen) atoms. The van der Waals surface area contributed by atoms with Crippen molar-refractivity contribution in [3.8, 4) is 5.75 Å². The summed E-state index contributed by atoms with van der Waals surface area (Å²) in [7, 11) is 0. The van der Waals surface area contributed by atoms with Crippen molar-refractivity contribution in [2.24, 2.45) is 0 Å². The number of rotatable bonds is 4. The van der Waals surface area contributed by atoms with Gasteiger partial charge in [-0.3, -0.25) is 4.79 Å². The van der Waals surface area contributed by atoms with Gasteiger partial charge in [0.15, 0.2) is 6.61 Å². The second-order valence-electron chi connectivity index (χ2n) is 4.54. The number of aliphatic hydroxyl groups is 1. The minimum Gasteiger partial charge on any atom is -0.482 e. The summed E-state index contributed by atoms with van der Waals surface area (Å²) in [5.74, 6) is 1.56. The Bertz CT molecular complexity index is 684. The van der Waals surface area contributed by atoms with Gasteiger partial charge in [-0.05, 0) is 18.2 Å². The fourth-order valence-electron chi connectivity index (χ4n) is 2.02. The normalized spacial score (nSPS) is 13.3. The van der Waals surface area contributed by atoms with Crippen LogP contribution < -0.4 is 15.4 Å². The number of hydrogen-bond acceptors (Lipinski definition) is 5. The number of carbonyl (C=O) groups excluding carboxylic acids is 1.